The van der Waals surface area contributed by atoms with E-state index in [1.165, 1.54) is 10.9 Å². The lowest BCUT2D eigenvalue weighted by atomic mass is 10.0. The Morgan fingerprint density at radius 2 is 2.04 bits per heavy atom. The highest BCUT2D eigenvalue weighted by molar-refractivity contribution is 6.42. The quantitative estimate of drug-likeness (QED) is 0.370. The molecule has 28 heavy (non-hydrogen) atoms. The van der Waals surface area contributed by atoms with Crippen molar-refractivity contribution in [3.8, 4) is 0 Å². The van der Waals surface area contributed by atoms with Crippen LogP contribution in [0.2, 0.25) is 0 Å². The number of imidazole rings is 1. The average Bonchev–Trinajstić information content (AvgIpc) is 3.30. The summed E-state index contributed by atoms with van der Waals surface area (Å²) in [5.74, 6) is 0.460. The molecule has 0 unspecified atom stereocenters. The topological polar surface area (TPSA) is 97.4 Å². The van der Waals surface area contributed by atoms with Gasteiger partial charge in [0.1, 0.15) is 5.82 Å². The number of para-hydroxylation sites is 1. The molecule has 0 saturated heterocycles. The number of H-pyrrole nitrogens is 2. The number of hydrogen-bond donors (Lipinski definition) is 4. The molecule has 4 aromatic rings. The summed E-state index contributed by atoms with van der Waals surface area (Å²) in [6, 6.07) is 13.8. The van der Waals surface area contributed by atoms with Crippen molar-refractivity contribution in [3.05, 3.63) is 60.0 Å². The molecule has 6 nitrogen and oxygen atoms in total. The van der Waals surface area contributed by atoms with Crippen molar-refractivity contribution >= 4 is 39.2 Å². The summed E-state index contributed by atoms with van der Waals surface area (Å²) in [5, 5.41) is 12.0. The van der Waals surface area contributed by atoms with E-state index >= 15 is 0 Å². The summed E-state index contributed by atoms with van der Waals surface area (Å²) in [6.45, 7) is 3.86. The number of carbonyl (C=O) groups excluding carboxylic acids is 1. The third-order valence-corrected chi connectivity index (χ3v) is 5.17. The average molecular weight is 373 g/mol. The first-order valence-corrected chi connectivity index (χ1v) is 9.48. The maximum Gasteiger partial charge on any atom is 0.269 e. The molecule has 2 heterocycles. The van der Waals surface area contributed by atoms with Crippen LogP contribution in [-0.4, -0.2) is 26.6 Å². The minimum Gasteiger partial charge on any atom is -0.361 e. The second kappa shape index (κ2) is 7.31. The van der Waals surface area contributed by atoms with Crippen molar-refractivity contribution in [2.45, 2.75) is 26.7 Å². The summed E-state index contributed by atoms with van der Waals surface area (Å²) in [5.41, 5.74) is 4.78. The number of amides is 1. The molecule has 0 aliphatic heterocycles. The van der Waals surface area contributed by atoms with Gasteiger partial charge in [0, 0.05) is 35.1 Å². The van der Waals surface area contributed by atoms with E-state index in [1.54, 1.807) is 0 Å². The van der Waals surface area contributed by atoms with Crippen LogP contribution in [-0.2, 0) is 11.2 Å². The fourth-order valence-electron chi connectivity index (χ4n) is 3.31. The Morgan fingerprint density at radius 3 is 2.86 bits per heavy atom. The molecule has 4 N–H and O–H groups in total. The summed E-state index contributed by atoms with van der Waals surface area (Å²) in [6.07, 6.45) is 3.48. The van der Waals surface area contributed by atoms with Crippen molar-refractivity contribution in [2.24, 2.45) is 5.92 Å². The molecule has 142 valence electrons. The van der Waals surface area contributed by atoms with Crippen molar-refractivity contribution < 1.29 is 4.79 Å². The minimum atomic E-state index is -0.354. The standard InChI is InChI=1S/C22H23N5O/c1-3-13(2)21(23)22(28)25-15-8-9-18-19(11-15)27-20(26-18)10-14-12-24-17-7-5-4-6-16(14)17/h4-9,11-13,23-24H,3,10H2,1-2H3,(H,25,28)(H,26,27)/t13-/m0/s1. The summed E-state index contributed by atoms with van der Waals surface area (Å²) >= 11 is 0. The van der Waals surface area contributed by atoms with Crippen LogP contribution >= 0.6 is 0 Å². The van der Waals surface area contributed by atoms with Crippen molar-refractivity contribution in [3.63, 3.8) is 0 Å². The van der Waals surface area contributed by atoms with Gasteiger partial charge in [-0.1, -0.05) is 32.0 Å². The lowest BCUT2D eigenvalue weighted by Crippen LogP contribution is -2.27. The van der Waals surface area contributed by atoms with E-state index in [0.29, 0.717) is 12.1 Å². The molecule has 6 heteroatoms. The third-order valence-electron chi connectivity index (χ3n) is 5.17. The number of nitrogens with zero attached hydrogens (tertiary/aromatic N) is 1. The van der Waals surface area contributed by atoms with Crippen LogP contribution in [0, 0.1) is 11.3 Å². The number of nitrogens with one attached hydrogen (secondary N) is 4. The van der Waals surface area contributed by atoms with E-state index in [0.717, 1.165) is 28.8 Å². The molecule has 0 saturated carbocycles. The van der Waals surface area contributed by atoms with Gasteiger partial charge in [-0.3, -0.25) is 10.2 Å². The molecule has 0 aliphatic rings. The highest BCUT2D eigenvalue weighted by Gasteiger charge is 2.16. The van der Waals surface area contributed by atoms with Gasteiger partial charge in [0.2, 0.25) is 0 Å². The molecule has 0 aliphatic carbocycles. The fraction of sp³-hybridized carbons (Fsp3) is 0.227. The number of carbonyl (C=O) groups is 1. The number of aromatic nitrogens is 3. The first-order chi connectivity index (χ1) is 13.5. The molecular formula is C22H23N5O. The van der Waals surface area contributed by atoms with Gasteiger partial charge in [-0.2, -0.15) is 0 Å². The molecule has 0 bridgehead atoms. The summed E-state index contributed by atoms with van der Waals surface area (Å²) < 4.78 is 0. The number of anilines is 1. The molecule has 2 aromatic carbocycles. The Morgan fingerprint density at radius 1 is 1.21 bits per heavy atom. The van der Waals surface area contributed by atoms with Gasteiger partial charge in [-0.15, -0.1) is 0 Å². The van der Waals surface area contributed by atoms with E-state index in [-0.39, 0.29) is 17.5 Å². The molecule has 0 fully saturated rings. The van der Waals surface area contributed by atoms with Crippen LogP contribution in [0.5, 0.6) is 0 Å². The Hall–Kier alpha value is -3.41. The zero-order chi connectivity index (χ0) is 19.7. The zero-order valence-corrected chi connectivity index (χ0v) is 16.0. The van der Waals surface area contributed by atoms with Gasteiger partial charge in [0.15, 0.2) is 0 Å². The van der Waals surface area contributed by atoms with Crippen LogP contribution in [0.4, 0.5) is 5.69 Å². The number of hydrogen-bond acceptors (Lipinski definition) is 3. The Balaban J connectivity index is 1.55. The second-order valence-electron chi connectivity index (χ2n) is 7.13. The predicted molar refractivity (Wildman–Crippen MR) is 113 cm³/mol. The lowest BCUT2D eigenvalue weighted by molar-refractivity contribution is -0.110. The summed E-state index contributed by atoms with van der Waals surface area (Å²) in [4.78, 5) is 23.5. The van der Waals surface area contributed by atoms with Gasteiger partial charge in [0.05, 0.1) is 16.7 Å². The monoisotopic (exact) mass is 373 g/mol. The Labute approximate surface area is 162 Å². The van der Waals surface area contributed by atoms with Gasteiger partial charge in [0.25, 0.3) is 5.91 Å². The highest BCUT2D eigenvalue weighted by Crippen LogP contribution is 2.22. The van der Waals surface area contributed by atoms with Crippen LogP contribution in [0.15, 0.2) is 48.7 Å². The number of benzene rings is 2. The van der Waals surface area contributed by atoms with Crippen LogP contribution < -0.4 is 5.32 Å². The van der Waals surface area contributed by atoms with Crippen molar-refractivity contribution in [1.29, 1.82) is 5.41 Å². The van der Waals surface area contributed by atoms with Gasteiger partial charge in [-0.05, 0) is 36.2 Å². The van der Waals surface area contributed by atoms with E-state index < -0.39 is 0 Å². The van der Waals surface area contributed by atoms with Crippen molar-refractivity contribution in [1.82, 2.24) is 15.0 Å². The van der Waals surface area contributed by atoms with E-state index in [9.17, 15) is 4.79 Å². The van der Waals surface area contributed by atoms with E-state index in [1.807, 2.05) is 50.4 Å². The van der Waals surface area contributed by atoms with E-state index in [4.69, 9.17) is 5.41 Å². The van der Waals surface area contributed by atoms with Crippen LogP contribution in [0.1, 0.15) is 31.7 Å². The zero-order valence-electron chi connectivity index (χ0n) is 16.0. The first-order valence-electron chi connectivity index (χ1n) is 9.48. The largest absolute Gasteiger partial charge is 0.361 e. The van der Waals surface area contributed by atoms with Crippen LogP contribution in [0.3, 0.4) is 0 Å². The molecule has 0 spiro atoms. The molecule has 1 atom stereocenters. The summed E-state index contributed by atoms with van der Waals surface area (Å²) in [7, 11) is 0. The van der Waals surface area contributed by atoms with Gasteiger partial charge in [-0.25, -0.2) is 4.98 Å². The lowest BCUT2D eigenvalue weighted by Gasteiger charge is -2.10. The molecular weight excluding hydrogens is 350 g/mol. The van der Waals surface area contributed by atoms with Gasteiger partial charge < -0.3 is 15.3 Å². The first kappa shape index (κ1) is 18.0. The Bertz CT molecular complexity index is 1170. The Kier molecular flexibility index (Phi) is 4.69. The minimum absolute atomic E-state index is 0.0568. The number of rotatable bonds is 6. The van der Waals surface area contributed by atoms with Crippen molar-refractivity contribution in [2.75, 3.05) is 5.32 Å². The van der Waals surface area contributed by atoms with Gasteiger partial charge >= 0.3 is 0 Å². The fourth-order valence-corrected chi connectivity index (χ4v) is 3.31. The highest BCUT2D eigenvalue weighted by atomic mass is 16.1. The second-order valence-corrected chi connectivity index (χ2v) is 7.13. The molecule has 1 amide bonds. The molecule has 0 radical (unpaired) electrons. The SMILES string of the molecule is CC[C@H](C)C(=N)C(=O)Nc1ccc2nc(Cc3c[nH]c4ccccc34)[nH]c2c1. The maximum absolute atomic E-state index is 12.2. The molecule has 4 rings (SSSR count). The normalized spacial score (nSPS) is 12.4. The smallest absolute Gasteiger partial charge is 0.269 e. The maximum atomic E-state index is 12.2. The third kappa shape index (κ3) is 3.41. The number of fused-ring (bicyclic) bond motifs is 2. The van der Waals surface area contributed by atoms with E-state index in [2.05, 4.69) is 32.4 Å². The molecule has 2 aromatic heterocycles. The predicted octanol–water partition coefficient (Wildman–Crippen LogP) is 4.64. The van der Waals surface area contributed by atoms with Crippen LogP contribution in [0.25, 0.3) is 21.9 Å². The number of aromatic amines is 2.